The van der Waals surface area contributed by atoms with Gasteiger partial charge in [0.1, 0.15) is 17.0 Å². The summed E-state index contributed by atoms with van der Waals surface area (Å²) in [6, 6.07) is 3.57. The zero-order valence-corrected chi connectivity index (χ0v) is 8.97. The number of pyridine rings is 1. The summed E-state index contributed by atoms with van der Waals surface area (Å²) in [5.74, 6) is 0.639. The number of aliphatic hydroxyl groups excluding tert-OH is 1. The molecule has 86 valence electrons. The normalized spacial score (nSPS) is 14.9. The minimum Gasteiger partial charge on any atom is -0.464 e. The summed E-state index contributed by atoms with van der Waals surface area (Å²) in [5, 5.41) is 22.4. The lowest BCUT2D eigenvalue weighted by atomic mass is 10.1. The first-order chi connectivity index (χ1) is 7.62. The Kier molecular flexibility index (Phi) is 2.80. The van der Waals surface area contributed by atoms with E-state index in [-0.39, 0.29) is 13.2 Å². The van der Waals surface area contributed by atoms with Crippen LogP contribution in [-0.2, 0) is 0 Å². The van der Waals surface area contributed by atoms with E-state index in [1.54, 1.807) is 31.5 Å². The van der Waals surface area contributed by atoms with Gasteiger partial charge in [-0.2, -0.15) is 0 Å². The van der Waals surface area contributed by atoms with Gasteiger partial charge in [0.2, 0.25) is 0 Å². The van der Waals surface area contributed by atoms with Crippen molar-refractivity contribution in [1.29, 1.82) is 0 Å². The second-order valence-corrected chi connectivity index (χ2v) is 4.00. The van der Waals surface area contributed by atoms with Gasteiger partial charge >= 0.3 is 0 Å². The zero-order chi connectivity index (χ0) is 11.6. The molecule has 0 radical (unpaired) electrons. The van der Waals surface area contributed by atoms with Crippen molar-refractivity contribution >= 4 is 16.8 Å². The van der Waals surface area contributed by atoms with Gasteiger partial charge in [0.05, 0.1) is 18.3 Å². The molecule has 0 bridgehead atoms. The predicted molar refractivity (Wildman–Crippen MR) is 60.2 cm³/mol. The van der Waals surface area contributed by atoms with Crippen molar-refractivity contribution in [3.8, 4) is 0 Å². The molecule has 0 aliphatic rings. The third-order valence-corrected chi connectivity index (χ3v) is 2.36. The van der Waals surface area contributed by atoms with E-state index in [1.165, 1.54) is 0 Å². The number of rotatable bonds is 4. The van der Waals surface area contributed by atoms with Crippen LogP contribution in [-0.4, -0.2) is 33.9 Å². The Bertz CT molecular complexity index is 479. The number of nitrogens with one attached hydrogen (secondary N) is 1. The fourth-order valence-electron chi connectivity index (χ4n) is 1.37. The van der Waals surface area contributed by atoms with Crippen LogP contribution in [0, 0.1) is 0 Å². The smallest absolute Gasteiger partial charge is 0.139 e. The molecule has 16 heavy (non-hydrogen) atoms. The van der Waals surface area contributed by atoms with Crippen LogP contribution in [0.2, 0.25) is 0 Å². The Hall–Kier alpha value is -1.59. The van der Waals surface area contributed by atoms with E-state index in [0.717, 1.165) is 11.0 Å². The average Bonchev–Trinajstić information content (AvgIpc) is 2.75. The Balaban J connectivity index is 2.18. The number of fused-ring (bicyclic) bond motifs is 1. The lowest BCUT2D eigenvalue weighted by molar-refractivity contribution is 0.0132. The van der Waals surface area contributed by atoms with Crippen LogP contribution >= 0.6 is 0 Å². The van der Waals surface area contributed by atoms with Gasteiger partial charge in [0, 0.05) is 12.7 Å². The van der Waals surface area contributed by atoms with Crippen molar-refractivity contribution < 1.29 is 14.6 Å². The molecule has 0 amide bonds. The lowest BCUT2D eigenvalue weighted by Crippen LogP contribution is -2.37. The highest BCUT2D eigenvalue weighted by Gasteiger charge is 2.19. The second kappa shape index (κ2) is 4.11. The van der Waals surface area contributed by atoms with Gasteiger partial charge in [-0.3, -0.25) is 0 Å². The van der Waals surface area contributed by atoms with Crippen molar-refractivity contribution in [3.63, 3.8) is 0 Å². The van der Waals surface area contributed by atoms with E-state index in [2.05, 4.69) is 10.3 Å². The summed E-state index contributed by atoms with van der Waals surface area (Å²) in [6.07, 6.45) is 3.21. The molecular formula is C11H14N2O3. The summed E-state index contributed by atoms with van der Waals surface area (Å²) in [6.45, 7) is 1.47. The number of aliphatic hydroxyl groups is 2. The molecule has 5 nitrogen and oxygen atoms in total. The van der Waals surface area contributed by atoms with Crippen molar-refractivity contribution in [2.45, 2.75) is 12.5 Å². The van der Waals surface area contributed by atoms with Gasteiger partial charge in [0.15, 0.2) is 0 Å². The van der Waals surface area contributed by atoms with Crippen LogP contribution < -0.4 is 5.32 Å². The molecule has 3 N–H and O–H groups in total. The molecule has 0 aliphatic carbocycles. The zero-order valence-electron chi connectivity index (χ0n) is 8.97. The molecule has 0 saturated heterocycles. The summed E-state index contributed by atoms with van der Waals surface area (Å²) in [7, 11) is 0. The summed E-state index contributed by atoms with van der Waals surface area (Å²) < 4.78 is 5.22. The average molecular weight is 222 g/mol. The van der Waals surface area contributed by atoms with E-state index in [0.29, 0.717) is 5.82 Å². The Morgan fingerprint density at radius 2 is 2.31 bits per heavy atom. The summed E-state index contributed by atoms with van der Waals surface area (Å²) >= 11 is 0. The van der Waals surface area contributed by atoms with Crippen LogP contribution in [0.15, 0.2) is 29.0 Å². The van der Waals surface area contributed by atoms with Gasteiger partial charge in [-0.15, -0.1) is 0 Å². The van der Waals surface area contributed by atoms with Crippen LogP contribution in [0.1, 0.15) is 6.92 Å². The predicted octanol–water partition coefficient (Wildman–Crippen LogP) is 0.983. The van der Waals surface area contributed by atoms with Crippen LogP contribution in [0.4, 0.5) is 5.82 Å². The van der Waals surface area contributed by atoms with Crippen LogP contribution in [0.25, 0.3) is 11.0 Å². The monoisotopic (exact) mass is 222 g/mol. The maximum absolute atomic E-state index is 9.64. The molecule has 0 fully saturated rings. The second-order valence-electron chi connectivity index (χ2n) is 4.00. The first-order valence-corrected chi connectivity index (χ1v) is 5.02. The maximum atomic E-state index is 9.64. The van der Waals surface area contributed by atoms with Gasteiger partial charge in [-0.1, -0.05) is 0 Å². The molecule has 2 aromatic heterocycles. The number of hydrogen-bond acceptors (Lipinski definition) is 5. The van der Waals surface area contributed by atoms with E-state index in [9.17, 15) is 5.11 Å². The molecule has 2 aromatic rings. The molecule has 2 heterocycles. The van der Waals surface area contributed by atoms with Crippen molar-refractivity contribution in [1.82, 2.24) is 4.98 Å². The topological polar surface area (TPSA) is 78.5 Å². The van der Waals surface area contributed by atoms with Crippen molar-refractivity contribution in [3.05, 3.63) is 24.6 Å². The highest BCUT2D eigenvalue weighted by atomic mass is 16.3. The molecule has 5 heteroatoms. The number of aromatic nitrogens is 1. The Morgan fingerprint density at radius 1 is 1.50 bits per heavy atom. The third kappa shape index (κ3) is 2.15. The first kappa shape index (κ1) is 10.9. The minimum atomic E-state index is -1.16. The van der Waals surface area contributed by atoms with Crippen molar-refractivity contribution in [2.24, 2.45) is 0 Å². The maximum Gasteiger partial charge on any atom is 0.139 e. The molecule has 0 saturated carbocycles. The molecule has 0 spiro atoms. The molecule has 2 rings (SSSR count). The fourth-order valence-corrected chi connectivity index (χ4v) is 1.37. The summed E-state index contributed by atoms with van der Waals surface area (Å²) in [5.41, 5.74) is -0.422. The van der Waals surface area contributed by atoms with Gasteiger partial charge in [0.25, 0.3) is 0 Å². The van der Waals surface area contributed by atoms with Crippen LogP contribution in [0.5, 0.6) is 0 Å². The SMILES string of the molecule is CC(O)(CO)CNc1nccc2occc12. The van der Waals surface area contributed by atoms with E-state index < -0.39 is 5.60 Å². The lowest BCUT2D eigenvalue weighted by Gasteiger charge is -2.20. The van der Waals surface area contributed by atoms with E-state index >= 15 is 0 Å². The molecular weight excluding hydrogens is 208 g/mol. The van der Waals surface area contributed by atoms with Crippen molar-refractivity contribution in [2.75, 3.05) is 18.5 Å². The Labute approximate surface area is 92.7 Å². The van der Waals surface area contributed by atoms with Gasteiger partial charge in [-0.25, -0.2) is 4.98 Å². The number of furan rings is 1. The summed E-state index contributed by atoms with van der Waals surface area (Å²) in [4.78, 5) is 4.15. The Morgan fingerprint density at radius 3 is 3.06 bits per heavy atom. The molecule has 0 aromatic carbocycles. The van der Waals surface area contributed by atoms with E-state index in [4.69, 9.17) is 9.52 Å². The van der Waals surface area contributed by atoms with Crippen LogP contribution in [0.3, 0.4) is 0 Å². The van der Waals surface area contributed by atoms with E-state index in [1.807, 2.05) is 0 Å². The third-order valence-electron chi connectivity index (χ3n) is 2.36. The molecule has 0 aliphatic heterocycles. The highest BCUT2D eigenvalue weighted by Crippen LogP contribution is 2.22. The quantitative estimate of drug-likeness (QED) is 0.718. The minimum absolute atomic E-state index is 0.223. The number of nitrogens with zero attached hydrogens (tertiary/aromatic N) is 1. The number of anilines is 1. The van der Waals surface area contributed by atoms with Gasteiger partial charge < -0.3 is 19.9 Å². The standard InChI is InChI=1S/C11H14N2O3/c1-11(15,7-14)6-13-10-8-3-5-16-9(8)2-4-12-10/h2-5,14-15H,6-7H2,1H3,(H,12,13). The molecule has 1 unspecified atom stereocenters. The highest BCUT2D eigenvalue weighted by molar-refractivity contribution is 5.87. The van der Waals surface area contributed by atoms with Gasteiger partial charge in [-0.05, 0) is 19.1 Å². The largest absolute Gasteiger partial charge is 0.464 e. The fraction of sp³-hybridized carbons (Fsp3) is 0.364. The first-order valence-electron chi connectivity index (χ1n) is 5.02. The number of hydrogen-bond donors (Lipinski definition) is 3. The molecule has 1 atom stereocenters.